The predicted octanol–water partition coefficient (Wildman–Crippen LogP) is 2.48. The third kappa shape index (κ3) is 1.29. The Hall–Kier alpha value is -1.09. The lowest BCUT2D eigenvalue weighted by Crippen LogP contribution is -1.84. The van der Waals surface area contributed by atoms with E-state index in [2.05, 4.69) is 22.1 Å². The Bertz CT molecular complexity index is 447. The van der Waals surface area contributed by atoms with Crippen LogP contribution < -0.4 is 0 Å². The Kier molecular flexibility index (Phi) is 1.96. The van der Waals surface area contributed by atoms with Crippen LogP contribution in [-0.2, 0) is 6.42 Å². The highest BCUT2D eigenvalue weighted by Crippen LogP contribution is 2.21. The Morgan fingerprint density at radius 1 is 1.54 bits per heavy atom. The molecule has 0 saturated heterocycles. The summed E-state index contributed by atoms with van der Waals surface area (Å²) in [7, 11) is 0. The SMILES string of the molecule is CCc1[nH]nc2nc(Cl)cc(C)c12. The van der Waals surface area contributed by atoms with Crippen LogP contribution in [0.1, 0.15) is 18.2 Å². The fourth-order valence-corrected chi connectivity index (χ4v) is 1.75. The van der Waals surface area contributed by atoms with Crippen LogP contribution in [0.4, 0.5) is 0 Å². The summed E-state index contributed by atoms with van der Waals surface area (Å²) in [6.45, 7) is 4.10. The van der Waals surface area contributed by atoms with Crippen molar-refractivity contribution in [2.75, 3.05) is 0 Å². The lowest BCUT2D eigenvalue weighted by atomic mass is 10.1. The van der Waals surface area contributed by atoms with E-state index in [0.29, 0.717) is 10.8 Å². The zero-order valence-corrected chi connectivity index (χ0v) is 8.31. The molecule has 2 aromatic rings. The number of aromatic amines is 1. The van der Waals surface area contributed by atoms with E-state index in [9.17, 15) is 0 Å². The second-order valence-corrected chi connectivity index (χ2v) is 3.40. The molecule has 0 radical (unpaired) electrons. The van der Waals surface area contributed by atoms with Crippen LogP contribution in [0.25, 0.3) is 11.0 Å². The summed E-state index contributed by atoms with van der Waals surface area (Å²) in [5, 5.41) is 8.65. The number of H-pyrrole nitrogens is 1. The maximum absolute atomic E-state index is 5.81. The van der Waals surface area contributed by atoms with Crippen LogP contribution in [0, 0.1) is 6.92 Å². The number of hydrogen-bond acceptors (Lipinski definition) is 2. The molecule has 0 fully saturated rings. The number of aromatic nitrogens is 3. The number of nitrogens with one attached hydrogen (secondary N) is 1. The summed E-state index contributed by atoms with van der Waals surface area (Å²) < 4.78 is 0. The smallest absolute Gasteiger partial charge is 0.182 e. The Morgan fingerprint density at radius 2 is 2.31 bits per heavy atom. The summed E-state index contributed by atoms with van der Waals surface area (Å²) in [6, 6.07) is 1.86. The number of halogens is 1. The summed E-state index contributed by atoms with van der Waals surface area (Å²) in [5.74, 6) is 0. The molecule has 0 saturated carbocycles. The van der Waals surface area contributed by atoms with Gasteiger partial charge < -0.3 is 0 Å². The minimum atomic E-state index is 0.499. The van der Waals surface area contributed by atoms with E-state index in [4.69, 9.17) is 11.6 Å². The molecule has 0 aromatic carbocycles. The molecule has 0 aliphatic rings. The highest BCUT2D eigenvalue weighted by Gasteiger charge is 2.08. The van der Waals surface area contributed by atoms with Crippen molar-refractivity contribution in [3.05, 3.63) is 22.5 Å². The number of nitrogens with zero attached hydrogens (tertiary/aromatic N) is 2. The van der Waals surface area contributed by atoms with E-state index in [1.54, 1.807) is 0 Å². The molecule has 4 heteroatoms. The van der Waals surface area contributed by atoms with Gasteiger partial charge in [-0.15, -0.1) is 0 Å². The van der Waals surface area contributed by atoms with Gasteiger partial charge in [0.1, 0.15) is 5.15 Å². The molecular weight excluding hydrogens is 186 g/mol. The number of rotatable bonds is 1. The molecule has 0 aliphatic heterocycles. The van der Waals surface area contributed by atoms with E-state index < -0.39 is 0 Å². The molecule has 0 unspecified atom stereocenters. The molecule has 2 aromatic heterocycles. The van der Waals surface area contributed by atoms with E-state index in [1.807, 2.05) is 13.0 Å². The van der Waals surface area contributed by atoms with Crippen LogP contribution in [0.5, 0.6) is 0 Å². The van der Waals surface area contributed by atoms with Crippen molar-refractivity contribution in [1.29, 1.82) is 0 Å². The van der Waals surface area contributed by atoms with Gasteiger partial charge in [0.25, 0.3) is 0 Å². The highest BCUT2D eigenvalue weighted by atomic mass is 35.5. The molecule has 0 amide bonds. The minimum absolute atomic E-state index is 0.499. The molecule has 68 valence electrons. The summed E-state index contributed by atoms with van der Waals surface area (Å²) in [4.78, 5) is 4.13. The van der Waals surface area contributed by atoms with Gasteiger partial charge in [-0.3, -0.25) is 5.10 Å². The zero-order valence-electron chi connectivity index (χ0n) is 7.56. The van der Waals surface area contributed by atoms with Crippen LogP contribution >= 0.6 is 11.6 Å². The fourth-order valence-electron chi connectivity index (χ4n) is 1.50. The molecule has 0 atom stereocenters. The van der Waals surface area contributed by atoms with Crippen molar-refractivity contribution >= 4 is 22.6 Å². The average Bonchev–Trinajstić information content (AvgIpc) is 2.47. The van der Waals surface area contributed by atoms with Crippen molar-refractivity contribution in [2.45, 2.75) is 20.3 Å². The van der Waals surface area contributed by atoms with Gasteiger partial charge in [-0.2, -0.15) is 5.10 Å². The van der Waals surface area contributed by atoms with Crippen molar-refractivity contribution in [2.24, 2.45) is 0 Å². The third-order valence-corrected chi connectivity index (χ3v) is 2.31. The second-order valence-electron chi connectivity index (χ2n) is 3.02. The first-order chi connectivity index (χ1) is 6.22. The molecule has 2 heterocycles. The summed E-state index contributed by atoms with van der Waals surface area (Å²) in [6.07, 6.45) is 0.931. The van der Waals surface area contributed by atoms with Crippen molar-refractivity contribution in [3.63, 3.8) is 0 Å². The number of pyridine rings is 1. The maximum Gasteiger partial charge on any atom is 0.182 e. The van der Waals surface area contributed by atoms with Gasteiger partial charge in [-0.25, -0.2) is 4.98 Å². The monoisotopic (exact) mass is 195 g/mol. The lowest BCUT2D eigenvalue weighted by Gasteiger charge is -1.97. The molecular formula is C9H10ClN3. The van der Waals surface area contributed by atoms with Crippen LogP contribution in [-0.4, -0.2) is 15.2 Å². The summed E-state index contributed by atoms with van der Waals surface area (Å²) in [5.41, 5.74) is 2.96. The molecule has 2 rings (SSSR count). The molecule has 0 aliphatic carbocycles. The first-order valence-electron chi connectivity index (χ1n) is 4.22. The molecule has 3 nitrogen and oxygen atoms in total. The molecule has 1 N–H and O–H groups in total. The number of fused-ring (bicyclic) bond motifs is 1. The fraction of sp³-hybridized carbons (Fsp3) is 0.333. The lowest BCUT2D eigenvalue weighted by molar-refractivity contribution is 0.983. The zero-order chi connectivity index (χ0) is 9.42. The highest BCUT2D eigenvalue weighted by molar-refractivity contribution is 6.29. The van der Waals surface area contributed by atoms with Gasteiger partial charge in [0, 0.05) is 11.1 Å². The Balaban J connectivity index is 2.82. The number of aryl methyl sites for hydroxylation is 2. The van der Waals surface area contributed by atoms with E-state index >= 15 is 0 Å². The molecule has 13 heavy (non-hydrogen) atoms. The topological polar surface area (TPSA) is 41.6 Å². The summed E-state index contributed by atoms with van der Waals surface area (Å²) >= 11 is 5.81. The quantitative estimate of drug-likeness (QED) is 0.711. The van der Waals surface area contributed by atoms with Crippen molar-refractivity contribution in [1.82, 2.24) is 15.2 Å². The molecule has 0 spiro atoms. The van der Waals surface area contributed by atoms with Gasteiger partial charge in [0.05, 0.1) is 0 Å². The van der Waals surface area contributed by atoms with Gasteiger partial charge in [-0.1, -0.05) is 18.5 Å². The second kappa shape index (κ2) is 3.00. The van der Waals surface area contributed by atoms with Gasteiger partial charge in [0.15, 0.2) is 5.65 Å². The first kappa shape index (κ1) is 8.51. The first-order valence-corrected chi connectivity index (χ1v) is 4.60. The van der Waals surface area contributed by atoms with Crippen LogP contribution in [0.3, 0.4) is 0 Å². The van der Waals surface area contributed by atoms with E-state index in [1.165, 1.54) is 0 Å². The Labute approximate surface area is 81.1 Å². The van der Waals surface area contributed by atoms with Crippen molar-refractivity contribution < 1.29 is 0 Å². The van der Waals surface area contributed by atoms with E-state index in [-0.39, 0.29) is 0 Å². The predicted molar refractivity (Wildman–Crippen MR) is 53.0 cm³/mol. The van der Waals surface area contributed by atoms with E-state index in [0.717, 1.165) is 23.1 Å². The van der Waals surface area contributed by atoms with Gasteiger partial charge >= 0.3 is 0 Å². The average molecular weight is 196 g/mol. The van der Waals surface area contributed by atoms with Gasteiger partial charge in [-0.05, 0) is 25.0 Å². The standard InChI is InChI=1S/C9H10ClN3/c1-3-6-8-5(2)4-7(10)11-9(8)13-12-6/h4H,3H2,1-2H3,(H,11,12,13). The number of hydrogen-bond donors (Lipinski definition) is 1. The van der Waals surface area contributed by atoms with Gasteiger partial charge in [0.2, 0.25) is 0 Å². The largest absolute Gasteiger partial charge is 0.280 e. The molecule has 0 bridgehead atoms. The minimum Gasteiger partial charge on any atom is -0.280 e. The van der Waals surface area contributed by atoms with Crippen molar-refractivity contribution in [3.8, 4) is 0 Å². The normalized spacial score (nSPS) is 11.0. The Morgan fingerprint density at radius 3 is 3.00 bits per heavy atom. The third-order valence-electron chi connectivity index (χ3n) is 2.12. The van der Waals surface area contributed by atoms with Crippen LogP contribution in [0.2, 0.25) is 5.15 Å². The van der Waals surface area contributed by atoms with Crippen LogP contribution in [0.15, 0.2) is 6.07 Å². The maximum atomic E-state index is 5.81.